The highest BCUT2D eigenvalue weighted by Gasteiger charge is 2.30. The minimum atomic E-state index is 0.243. The average molecular weight is 228 g/mol. The SMILES string of the molecule is CC(C)N(CCC(N)=S)C(=O)C1CCC1. The lowest BCUT2D eigenvalue weighted by Gasteiger charge is -2.34. The van der Waals surface area contributed by atoms with Crippen LogP contribution in [-0.4, -0.2) is 28.4 Å². The summed E-state index contributed by atoms with van der Waals surface area (Å²) in [5, 5.41) is 0. The summed E-state index contributed by atoms with van der Waals surface area (Å²) in [6, 6.07) is 0.243. The van der Waals surface area contributed by atoms with E-state index in [-0.39, 0.29) is 17.9 Å². The van der Waals surface area contributed by atoms with Crippen molar-refractivity contribution in [2.45, 2.75) is 45.6 Å². The lowest BCUT2D eigenvalue weighted by Crippen LogP contribution is -2.44. The Kier molecular flexibility index (Phi) is 4.51. The highest BCUT2D eigenvalue weighted by atomic mass is 32.1. The van der Waals surface area contributed by atoms with Crippen LogP contribution in [0.15, 0.2) is 0 Å². The fourth-order valence-electron chi connectivity index (χ4n) is 1.74. The Morgan fingerprint density at radius 3 is 2.47 bits per heavy atom. The van der Waals surface area contributed by atoms with Crippen molar-refractivity contribution in [3.8, 4) is 0 Å². The van der Waals surface area contributed by atoms with Crippen LogP contribution in [0.25, 0.3) is 0 Å². The minimum absolute atomic E-state index is 0.243. The van der Waals surface area contributed by atoms with Crippen LogP contribution in [0.3, 0.4) is 0 Å². The maximum Gasteiger partial charge on any atom is 0.225 e. The van der Waals surface area contributed by atoms with Gasteiger partial charge >= 0.3 is 0 Å². The molecule has 0 radical (unpaired) electrons. The average Bonchev–Trinajstić information content (AvgIpc) is 1.99. The van der Waals surface area contributed by atoms with Crippen LogP contribution < -0.4 is 5.73 Å². The molecule has 0 aromatic carbocycles. The zero-order valence-corrected chi connectivity index (χ0v) is 10.3. The number of carbonyl (C=O) groups excluding carboxylic acids is 1. The van der Waals surface area contributed by atoms with Crippen molar-refractivity contribution in [2.75, 3.05) is 6.54 Å². The Hall–Kier alpha value is -0.640. The Bertz CT molecular complexity index is 249. The van der Waals surface area contributed by atoms with E-state index in [2.05, 4.69) is 0 Å². The lowest BCUT2D eigenvalue weighted by molar-refractivity contribution is -0.139. The van der Waals surface area contributed by atoms with Crippen LogP contribution in [0, 0.1) is 5.92 Å². The summed E-state index contributed by atoms with van der Waals surface area (Å²) in [5.74, 6) is 0.547. The first kappa shape index (κ1) is 12.4. The summed E-state index contributed by atoms with van der Waals surface area (Å²) in [4.78, 5) is 14.4. The Balaban J connectivity index is 2.48. The Morgan fingerprint density at radius 2 is 2.13 bits per heavy atom. The van der Waals surface area contributed by atoms with Crippen LogP contribution in [-0.2, 0) is 4.79 Å². The summed E-state index contributed by atoms with van der Waals surface area (Å²) >= 11 is 4.83. The van der Waals surface area contributed by atoms with Gasteiger partial charge in [0.05, 0.1) is 4.99 Å². The first-order valence-corrected chi connectivity index (χ1v) is 6.02. The van der Waals surface area contributed by atoms with Gasteiger partial charge in [-0.25, -0.2) is 0 Å². The van der Waals surface area contributed by atoms with Crippen molar-refractivity contribution in [2.24, 2.45) is 11.7 Å². The highest BCUT2D eigenvalue weighted by Crippen LogP contribution is 2.28. The predicted octanol–water partition coefficient (Wildman–Crippen LogP) is 1.70. The molecule has 0 aromatic rings. The number of amides is 1. The van der Waals surface area contributed by atoms with E-state index in [1.54, 1.807) is 0 Å². The molecule has 2 N–H and O–H groups in total. The molecule has 1 saturated carbocycles. The van der Waals surface area contributed by atoms with Crippen molar-refractivity contribution in [1.29, 1.82) is 0 Å². The molecule has 0 atom stereocenters. The van der Waals surface area contributed by atoms with E-state index < -0.39 is 0 Å². The van der Waals surface area contributed by atoms with Gasteiger partial charge < -0.3 is 10.6 Å². The molecule has 1 fully saturated rings. The van der Waals surface area contributed by atoms with Crippen molar-refractivity contribution < 1.29 is 4.79 Å². The van der Waals surface area contributed by atoms with Crippen molar-refractivity contribution in [3.05, 3.63) is 0 Å². The normalized spacial score (nSPS) is 16.2. The number of rotatable bonds is 5. The summed E-state index contributed by atoms with van der Waals surface area (Å²) in [6.07, 6.45) is 3.92. The third-order valence-electron chi connectivity index (χ3n) is 2.96. The van der Waals surface area contributed by atoms with E-state index >= 15 is 0 Å². The monoisotopic (exact) mass is 228 g/mol. The summed E-state index contributed by atoms with van der Waals surface area (Å²) in [6.45, 7) is 4.74. The number of nitrogens with two attached hydrogens (primary N) is 1. The molecule has 0 heterocycles. The van der Waals surface area contributed by atoms with Gasteiger partial charge in [-0.3, -0.25) is 4.79 Å². The molecule has 4 heteroatoms. The zero-order valence-electron chi connectivity index (χ0n) is 9.53. The molecule has 0 saturated heterocycles. The van der Waals surface area contributed by atoms with E-state index in [0.717, 1.165) is 12.8 Å². The van der Waals surface area contributed by atoms with Gasteiger partial charge in [0, 0.05) is 24.9 Å². The minimum Gasteiger partial charge on any atom is -0.393 e. The van der Waals surface area contributed by atoms with Gasteiger partial charge in [-0.05, 0) is 26.7 Å². The maximum absolute atomic E-state index is 12.0. The second-order valence-electron chi connectivity index (χ2n) is 4.47. The molecule has 15 heavy (non-hydrogen) atoms. The molecule has 3 nitrogen and oxygen atoms in total. The summed E-state index contributed by atoms with van der Waals surface area (Å²) in [7, 11) is 0. The van der Waals surface area contributed by atoms with Crippen LogP contribution in [0.2, 0.25) is 0 Å². The van der Waals surface area contributed by atoms with E-state index in [4.69, 9.17) is 18.0 Å². The molecule has 1 amide bonds. The second-order valence-corrected chi connectivity index (χ2v) is 4.99. The third-order valence-corrected chi connectivity index (χ3v) is 3.16. The molecular weight excluding hydrogens is 208 g/mol. The topological polar surface area (TPSA) is 46.3 Å². The molecule has 1 rings (SSSR count). The van der Waals surface area contributed by atoms with Gasteiger partial charge in [-0.1, -0.05) is 18.6 Å². The molecule has 0 aromatic heterocycles. The van der Waals surface area contributed by atoms with Crippen LogP contribution in [0.4, 0.5) is 0 Å². The van der Waals surface area contributed by atoms with E-state index in [0.29, 0.717) is 18.0 Å². The number of carbonyl (C=O) groups is 1. The molecule has 86 valence electrons. The maximum atomic E-state index is 12.0. The quantitative estimate of drug-likeness (QED) is 0.729. The van der Waals surface area contributed by atoms with Crippen LogP contribution in [0.5, 0.6) is 0 Å². The fourth-order valence-corrected chi connectivity index (χ4v) is 1.83. The van der Waals surface area contributed by atoms with E-state index in [1.165, 1.54) is 6.42 Å². The molecule has 0 spiro atoms. The number of nitrogens with zero attached hydrogens (tertiary/aromatic N) is 1. The summed E-state index contributed by atoms with van der Waals surface area (Å²) < 4.78 is 0. The largest absolute Gasteiger partial charge is 0.393 e. The molecule has 1 aliphatic rings. The van der Waals surface area contributed by atoms with Crippen LogP contribution in [0.1, 0.15) is 39.5 Å². The van der Waals surface area contributed by atoms with Gasteiger partial charge in [-0.2, -0.15) is 0 Å². The number of hydrogen-bond acceptors (Lipinski definition) is 2. The van der Waals surface area contributed by atoms with Gasteiger partial charge in [-0.15, -0.1) is 0 Å². The first-order valence-electron chi connectivity index (χ1n) is 5.61. The highest BCUT2D eigenvalue weighted by molar-refractivity contribution is 7.80. The van der Waals surface area contributed by atoms with Crippen molar-refractivity contribution in [1.82, 2.24) is 4.90 Å². The number of thiocarbonyl (C=S) groups is 1. The molecule has 1 aliphatic carbocycles. The predicted molar refractivity (Wildman–Crippen MR) is 65.6 cm³/mol. The standard InChI is InChI=1S/C11H20N2OS/c1-8(2)13(7-6-10(12)15)11(14)9-4-3-5-9/h8-9H,3-7H2,1-2H3,(H2,12,15). The second kappa shape index (κ2) is 5.45. The third kappa shape index (κ3) is 3.45. The van der Waals surface area contributed by atoms with Gasteiger partial charge in [0.2, 0.25) is 5.91 Å². The zero-order chi connectivity index (χ0) is 11.4. The van der Waals surface area contributed by atoms with E-state index in [1.807, 2.05) is 18.7 Å². The Morgan fingerprint density at radius 1 is 1.53 bits per heavy atom. The molecule has 0 aliphatic heterocycles. The molecular formula is C11H20N2OS. The van der Waals surface area contributed by atoms with E-state index in [9.17, 15) is 4.79 Å². The molecule has 0 bridgehead atoms. The summed E-state index contributed by atoms with van der Waals surface area (Å²) in [5.41, 5.74) is 5.46. The Labute approximate surface area is 97.0 Å². The van der Waals surface area contributed by atoms with Gasteiger partial charge in [0.15, 0.2) is 0 Å². The number of hydrogen-bond donors (Lipinski definition) is 1. The van der Waals surface area contributed by atoms with Gasteiger partial charge in [0.1, 0.15) is 0 Å². The fraction of sp³-hybridized carbons (Fsp3) is 0.818. The van der Waals surface area contributed by atoms with Crippen LogP contribution >= 0.6 is 12.2 Å². The molecule has 0 unspecified atom stereocenters. The lowest BCUT2D eigenvalue weighted by atomic mass is 9.84. The smallest absolute Gasteiger partial charge is 0.225 e. The van der Waals surface area contributed by atoms with Gasteiger partial charge in [0.25, 0.3) is 0 Å². The van der Waals surface area contributed by atoms with Crippen molar-refractivity contribution >= 4 is 23.1 Å². The first-order chi connectivity index (χ1) is 7.02. The van der Waals surface area contributed by atoms with Crippen molar-refractivity contribution in [3.63, 3.8) is 0 Å².